The Kier molecular flexibility index (Phi) is 3.59. The topological polar surface area (TPSA) is 64.4 Å². The second-order valence-electron chi connectivity index (χ2n) is 6.35. The van der Waals surface area contributed by atoms with Crippen LogP contribution >= 0.6 is 0 Å². The van der Waals surface area contributed by atoms with E-state index in [4.69, 9.17) is 4.74 Å². The van der Waals surface area contributed by atoms with Gasteiger partial charge in [0.15, 0.2) is 11.9 Å². The molecule has 2 aliphatic rings. The lowest BCUT2D eigenvalue weighted by Crippen LogP contribution is -2.46. The second-order valence-corrected chi connectivity index (χ2v) is 6.35. The predicted molar refractivity (Wildman–Crippen MR) is 88.3 cm³/mol. The number of nitrogens with zero attached hydrogens (tertiary/aromatic N) is 3. The summed E-state index contributed by atoms with van der Waals surface area (Å²) in [5.74, 6) is 0.814. The van der Waals surface area contributed by atoms with Gasteiger partial charge in [0.2, 0.25) is 0 Å². The first-order valence-electron chi connectivity index (χ1n) is 8.24. The number of benzene rings is 1. The summed E-state index contributed by atoms with van der Waals surface area (Å²) < 4.78 is 7.64. The molecule has 1 atom stereocenters. The molecule has 0 bridgehead atoms. The average molecular weight is 325 g/mol. The van der Waals surface area contributed by atoms with E-state index in [1.54, 1.807) is 21.8 Å². The van der Waals surface area contributed by atoms with Gasteiger partial charge in [0.1, 0.15) is 5.75 Å². The van der Waals surface area contributed by atoms with Crippen LogP contribution in [0.4, 0.5) is 5.69 Å². The van der Waals surface area contributed by atoms with Crippen molar-refractivity contribution in [1.29, 1.82) is 0 Å². The SMILES string of the molecule is Cn1cc(N2CCC[C@@H](Oc3ccc4c(c3)CCC4=O)C2=O)cn1. The first-order chi connectivity index (χ1) is 11.6. The van der Waals surface area contributed by atoms with Crippen molar-refractivity contribution in [2.24, 2.45) is 7.05 Å². The third kappa shape index (κ3) is 2.58. The molecule has 0 radical (unpaired) electrons. The molecule has 6 nitrogen and oxygen atoms in total. The van der Waals surface area contributed by atoms with Crippen LogP contribution in [0.5, 0.6) is 5.75 Å². The molecule has 0 saturated carbocycles. The number of piperidine rings is 1. The van der Waals surface area contributed by atoms with Crippen LogP contribution in [-0.2, 0) is 18.3 Å². The molecule has 6 heteroatoms. The van der Waals surface area contributed by atoms with Gasteiger partial charge in [-0.2, -0.15) is 5.10 Å². The lowest BCUT2D eigenvalue weighted by molar-refractivity contribution is -0.126. The third-order valence-electron chi connectivity index (χ3n) is 4.67. The van der Waals surface area contributed by atoms with Crippen molar-refractivity contribution in [3.8, 4) is 5.75 Å². The van der Waals surface area contributed by atoms with E-state index in [1.807, 2.05) is 25.4 Å². The molecular formula is C18H19N3O3. The van der Waals surface area contributed by atoms with Crippen LogP contribution in [0, 0.1) is 0 Å². The van der Waals surface area contributed by atoms with Crippen molar-refractivity contribution in [1.82, 2.24) is 9.78 Å². The number of carbonyl (C=O) groups is 2. The van der Waals surface area contributed by atoms with Crippen LogP contribution in [0.25, 0.3) is 0 Å². The average Bonchev–Trinajstić information content (AvgIpc) is 3.16. The van der Waals surface area contributed by atoms with E-state index in [2.05, 4.69) is 5.10 Å². The Morgan fingerprint density at radius 3 is 2.92 bits per heavy atom. The molecule has 2 aromatic rings. The van der Waals surface area contributed by atoms with E-state index in [1.165, 1.54) is 0 Å². The Morgan fingerprint density at radius 2 is 2.12 bits per heavy atom. The van der Waals surface area contributed by atoms with Crippen LogP contribution in [0.2, 0.25) is 0 Å². The first kappa shape index (κ1) is 14.9. The number of hydrogen-bond acceptors (Lipinski definition) is 4. The fourth-order valence-electron chi connectivity index (χ4n) is 3.43. The summed E-state index contributed by atoms with van der Waals surface area (Å²) in [6.07, 6.45) is 5.94. The quantitative estimate of drug-likeness (QED) is 0.867. The minimum Gasteiger partial charge on any atom is -0.481 e. The van der Waals surface area contributed by atoms with Crippen molar-refractivity contribution in [3.63, 3.8) is 0 Å². The number of rotatable bonds is 3. The Labute approximate surface area is 140 Å². The van der Waals surface area contributed by atoms with E-state index >= 15 is 0 Å². The number of ketones is 1. The smallest absolute Gasteiger partial charge is 0.268 e. The highest BCUT2D eigenvalue weighted by Crippen LogP contribution is 2.28. The van der Waals surface area contributed by atoms with E-state index < -0.39 is 6.10 Å². The van der Waals surface area contributed by atoms with Crippen LogP contribution in [-0.4, -0.2) is 34.1 Å². The summed E-state index contributed by atoms with van der Waals surface area (Å²) in [5.41, 5.74) is 2.61. The maximum atomic E-state index is 12.7. The third-order valence-corrected chi connectivity index (χ3v) is 4.67. The van der Waals surface area contributed by atoms with Crippen molar-refractivity contribution in [2.45, 2.75) is 31.8 Å². The summed E-state index contributed by atoms with van der Waals surface area (Å²) >= 11 is 0. The van der Waals surface area contributed by atoms with Gasteiger partial charge < -0.3 is 9.64 Å². The molecule has 1 aliphatic carbocycles. The predicted octanol–water partition coefficient (Wildman–Crippen LogP) is 2.12. The van der Waals surface area contributed by atoms with Crippen LogP contribution in [0.3, 0.4) is 0 Å². The zero-order chi connectivity index (χ0) is 16.7. The number of aryl methyl sites for hydroxylation is 2. The molecular weight excluding hydrogens is 306 g/mol. The van der Waals surface area contributed by atoms with Crippen LogP contribution < -0.4 is 9.64 Å². The molecule has 1 fully saturated rings. The molecule has 0 unspecified atom stereocenters. The summed E-state index contributed by atoms with van der Waals surface area (Å²) in [7, 11) is 1.83. The van der Waals surface area contributed by atoms with Gasteiger partial charge in [0.25, 0.3) is 5.91 Å². The largest absolute Gasteiger partial charge is 0.481 e. The van der Waals surface area contributed by atoms with E-state index in [0.29, 0.717) is 25.1 Å². The molecule has 1 saturated heterocycles. The summed E-state index contributed by atoms with van der Waals surface area (Å²) in [4.78, 5) is 26.2. The Bertz CT molecular complexity index is 812. The molecule has 1 aliphatic heterocycles. The van der Waals surface area contributed by atoms with Crippen LogP contribution in [0.1, 0.15) is 35.2 Å². The number of anilines is 1. The van der Waals surface area contributed by atoms with E-state index in [-0.39, 0.29) is 11.7 Å². The number of ether oxygens (including phenoxy) is 1. The minimum atomic E-state index is -0.492. The number of amides is 1. The monoisotopic (exact) mass is 325 g/mol. The molecule has 1 aromatic heterocycles. The van der Waals surface area contributed by atoms with E-state index in [0.717, 1.165) is 29.7 Å². The van der Waals surface area contributed by atoms with Gasteiger partial charge in [-0.3, -0.25) is 14.3 Å². The molecule has 124 valence electrons. The van der Waals surface area contributed by atoms with Gasteiger partial charge >= 0.3 is 0 Å². The molecule has 24 heavy (non-hydrogen) atoms. The normalized spacial score (nSPS) is 20.4. The second kappa shape index (κ2) is 5.78. The number of aromatic nitrogens is 2. The Balaban J connectivity index is 1.52. The number of carbonyl (C=O) groups excluding carboxylic acids is 2. The minimum absolute atomic E-state index is 0.0363. The molecule has 4 rings (SSSR count). The molecule has 0 N–H and O–H groups in total. The zero-order valence-electron chi connectivity index (χ0n) is 13.6. The molecule has 0 spiro atoms. The maximum absolute atomic E-state index is 12.7. The van der Waals surface area contributed by atoms with Gasteiger partial charge in [0.05, 0.1) is 11.9 Å². The fraction of sp³-hybridized carbons (Fsp3) is 0.389. The summed E-state index contributed by atoms with van der Waals surface area (Å²) in [6, 6.07) is 5.50. The molecule has 2 heterocycles. The standard InChI is InChI=1S/C18H19N3O3/c1-20-11-13(10-19-20)21-8-2-3-17(18(21)23)24-14-5-6-15-12(9-14)4-7-16(15)22/h5-6,9-11,17H,2-4,7-8H2,1H3/t17-/m1/s1. The van der Waals surface area contributed by atoms with Gasteiger partial charge in [-0.1, -0.05) is 0 Å². The lowest BCUT2D eigenvalue weighted by atomic mass is 10.1. The summed E-state index contributed by atoms with van der Waals surface area (Å²) in [6.45, 7) is 0.684. The van der Waals surface area contributed by atoms with Gasteiger partial charge in [-0.05, 0) is 43.0 Å². The number of hydrogen-bond donors (Lipinski definition) is 0. The van der Waals surface area contributed by atoms with E-state index in [9.17, 15) is 9.59 Å². The maximum Gasteiger partial charge on any atom is 0.268 e. The first-order valence-corrected chi connectivity index (χ1v) is 8.24. The highest BCUT2D eigenvalue weighted by molar-refractivity contribution is 6.00. The Morgan fingerprint density at radius 1 is 1.25 bits per heavy atom. The molecule has 1 amide bonds. The van der Waals surface area contributed by atoms with Crippen LogP contribution in [0.15, 0.2) is 30.6 Å². The van der Waals surface area contributed by atoms with Gasteiger partial charge in [0, 0.05) is 31.8 Å². The van der Waals surface area contributed by atoms with Crippen molar-refractivity contribution < 1.29 is 14.3 Å². The Hall–Kier alpha value is -2.63. The summed E-state index contributed by atoms with van der Waals surface area (Å²) in [5, 5.41) is 4.13. The number of fused-ring (bicyclic) bond motifs is 1. The molecule has 1 aromatic carbocycles. The fourth-order valence-corrected chi connectivity index (χ4v) is 3.43. The highest BCUT2D eigenvalue weighted by atomic mass is 16.5. The highest BCUT2D eigenvalue weighted by Gasteiger charge is 2.32. The lowest BCUT2D eigenvalue weighted by Gasteiger charge is -2.31. The van der Waals surface area contributed by atoms with Crippen molar-refractivity contribution in [3.05, 3.63) is 41.7 Å². The van der Waals surface area contributed by atoms with Crippen molar-refractivity contribution in [2.75, 3.05) is 11.4 Å². The van der Waals surface area contributed by atoms with Crippen molar-refractivity contribution >= 4 is 17.4 Å². The zero-order valence-corrected chi connectivity index (χ0v) is 13.6. The van der Waals surface area contributed by atoms with Gasteiger partial charge in [-0.15, -0.1) is 0 Å². The van der Waals surface area contributed by atoms with Gasteiger partial charge in [-0.25, -0.2) is 0 Å². The number of Topliss-reactive ketones (excluding diaryl/α,β-unsaturated/α-hetero) is 1.